The van der Waals surface area contributed by atoms with Crippen LogP contribution in [0.5, 0.6) is 0 Å². The monoisotopic (exact) mass is 644 g/mol. The summed E-state index contributed by atoms with van der Waals surface area (Å²) in [6.07, 6.45) is 3.57. The van der Waals surface area contributed by atoms with Crippen molar-refractivity contribution in [3.8, 4) is 28.6 Å². The fourth-order valence-electron chi connectivity index (χ4n) is 3.98. The molecule has 177 valence electrons. The Balaban J connectivity index is 0.000000187. The second kappa shape index (κ2) is 11.1. The molecule has 0 aliphatic heterocycles. The topological polar surface area (TPSA) is 62.7 Å². The molecular weight excluding hydrogens is 623 g/mol. The molecule has 6 rings (SSSR count). The molecule has 3 aromatic carbocycles. The SMILES string of the molecule is Cc1ccc2c(oc3c(-c4ccccn4)[c-]ccc32)c1C#N.Cc1ccnc(-c2[c-]cccc2)c1.[Ir]. The molecule has 5 heteroatoms. The van der Waals surface area contributed by atoms with Crippen LogP contribution >= 0.6 is 0 Å². The molecular formula is C31H21IrN3O-2. The van der Waals surface area contributed by atoms with E-state index in [1.54, 1.807) is 6.20 Å². The van der Waals surface area contributed by atoms with Gasteiger partial charge in [0.1, 0.15) is 11.7 Å². The van der Waals surface area contributed by atoms with Crippen LogP contribution in [0.2, 0.25) is 0 Å². The van der Waals surface area contributed by atoms with Crippen LogP contribution in [0, 0.1) is 37.3 Å². The van der Waals surface area contributed by atoms with Crippen molar-refractivity contribution in [2.24, 2.45) is 0 Å². The van der Waals surface area contributed by atoms with Gasteiger partial charge in [-0.15, -0.1) is 54.1 Å². The van der Waals surface area contributed by atoms with Crippen molar-refractivity contribution in [1.82, 2.24) is 9.97 Å². The summed E-state index contributed by atoms with van der Waals surface area (Å²) < 4.78 is 6.05. The Morgan fingerprint density at radius 2 is 1.58 bits per heavy atom. The van der Waals surface area contributed by atoms with Gasteiger partial charge in [0.05, 0.1) is 11.1 Å². The number of rotatable bonds is 2. The fourth-order valence-corrected chi connectivity index (χ4v) is 3.98. The first kappa shape index (κ1) is 25.0. The van der Waals surface area contributed by atoms with Crippen molar-refractivity contribution in [2.75, 3.05) is 0 Å². The van der Waals surface area contributed by atoms with Crippen LogP contribution < -0.4 is 0 Å². The standard InChI is InChI=1S/C19H11N2O.C12H10N.Ir/c1-12-8-9-14-13-5-4-6-15(17-7-2-3-10-21-17)18(13)22-19(14)16(12)11-20;1-10-7-8-13-12(9-10)11-5-3-2-4-6-11;/h2-5,7-10H,1H3;2-5,7-9H,1H3;/q2*-1;. The van der Waals surface area contributed by atoms with Crippen molar-refractivity contribution >= 4 is 21.9 Å². The summed E-state index contributed by atoms with van der Waals surface area (Å²) in [4.78, 5) is 8.65. The van der Waals surface area contributed by atoms with Crippen LogP contribution in [0.25, 0.3) is 44.5 Å². The zero-order chi connectivity index (χ0) is 24.2. The summed E-state index contributed by atoms with van der Waals surface area (Å²) in [5, 5.41) is 11.3. The number of nitriles is 1. The Kier molecular flexibility index (Phi) is 7.71. The van der Waals surface area contributed by atoms with E-state index in [1.807, 2.05) is 85.9 Å². The molecule has 3 heterocycles. The van der Waals surface area contributed by atoms with Crippen LogP contribution in [0.4, 0.5) is 0 Å². The van der Waals surface area contributed by atoms with Crippen LogP contribution in [-0.4, -0.2) is 9.97 Å². The first-order valence-electron chi connectivity index (χ1n) is 11.2. The second-order valence-corrected chi connectivity index (χ2v) is 8.15. The van der Waals surface area contributed by atoms with Gasteiger partial charge in [-0.25, -0.2) is 0 Å². The van der Waals surface area contributed by atoms with Crippen LogP contribution in [0.3, 0.4) is 0 Å². The molecule has 0 bridgehead atoms. The third kappa shape index (κ3) is 4.97. The molecule has 4 nitrogen and oxygen atoms in total. The van der Waals surface area contributed by atoms with Crippen LogP contribution in [0.15, 0.2) is 95.7 Å². The average Bonchev–Trinajstić information content (AvgIpc) is 3.29. The summed E-state index contributed by atoms with van der Waals surface area (Å²) in [6, 6.07) is 34.0. The molecule has 36 heavy (non-hydrogen) atoms. The summed E-state index contributed by atoms with van der Waals surface area (Å²) in [5.41, 5.74) is 7.73. The van der Waals surface area contributed by atoms with Gasteiger partial charge in [0.2, 0.25) is 0 Å². The van der Waals surface area contributed by atoms with Crippen molar-refractivity contribution in [1.29, 1.82) is 5.26 Å². The molecule has 0 aliphatic carbocycles. The largest absolute Gasteiger partial charge is 0.499 e. The Hall–Kier alpha value is -4.10. The number of aromatic nitrogens is 2. The van der Waals surface area contributed by atoms with E-state index in [9.17, 15) is 5.26 Å². The number of hydrogen-bond donors (Lipinski definition) is 0. The van der Waals surface area contributed by atoms with Gasteiger partial charge < -0.3 is 14.4 Å². The zero-order valence-corrected chi connectivity index (χ0v) is 22.1. The predicted octanol–water partition coefficient (Wildman–Crippen LogP) is 7.48. The molecule has 0 unspecified atom stereocenters. The van der Waals surface area contributed by atoms with Crippen molar-refractivity contribution in [3.05, 3.63) is 120 Å². The number of nitrogens with zero attached hydrogens (tertiary/aromatic N) is 3. The quantitative estimate of drug-likeness (QED) is 0.184. The van der Waals surface area contributed by atoms with E-state index < -0.39 is 0 Å². The minimum atomic E-state index is 0. The fraction of sp³-hybridized carbons (Fsp3) is 0.0645. The molecule has 0 fully saturated rings. The molecule has 0 saturated heterocycles. The third-order valence-corrected chi connectivity index (χ3v) is 5.74. The van der Waals surface area contributed by atoms with Gasteiger partial charge in [0.15, 0.2) is 0 Å². The number of fused-ring (bicyclic) bond motifs is 3. The van der Waals surface area contributed by atoms with Crippen LogP contribution in [-0.2, 0) is 20.1 Å². The van der Waals surface area contributed by atoms with Crippen molar-refractivity contribution in [3.63, 3.8) is 0 Å². The molecule has 6 aromatic rings. The Morgan fingerprint density at radius 3 is 2.31 bits per heavy atom. The normalized spacial score (nSPS) is 10.2. The molecule has 0 atom stereocenters. The molecule has 0 spiro atoms. The Morgan fingerprint density at radius 1 is 0.778 bits per heavy atom. The number of pyridine rings is 2. The van der Waals surface area contributed by atoms with Gasteiger partial charge in [-0.1, -0.05) is 46.8 Å². The van der Waals surface area contributed by atoms with E-state index in [0.29, 0.717) is 11.1 Å². The average molecular weight is 644 g/mol. The van der Waals surface area contributed by atoms with E-state index in [2.05, 4.69) is 41.2 Å². The Bertz CT molecular complexity index is 1670. The summed E-state index contributed by atoms with van der Waals surface area (Å²) in [7, 11) is 0. The number of furan rings is 1. The maximum atomic E-state index is 9.40. The van der Waals surface area contributed by atoms with Gasteiger partial charge in [-0.2, -0.15) is 5.26 Å². The molecule has 3 aromatic heterocycles. The number of benzene rings is 3. The van der Waals surface area contributed by atoms with Crippen LogP contribution in [0.1, 0.15) is 16.7 Å². The minimum Gasteiger partial charge on any atom is -0.499 e. The van der Waals surface area contributed by atoms with E-state index in [0.717, 1.165) is 44.4 Å². The first-order valence-corrected chi connectivity index (χ1v) is 11.2. The van der Waals surface area contributed by atoms with E-state index >= 15 is 0 Å². The number of aryl methyl sites for hydroxylation is 2. The minimum absolute atomic E-state index is 0. The van der Waals surface area contributed by atoms with E-state index in [4.69, 9.17) is 4.42 Å². The summed E-state index contributed by atoms with van der Waals surface area (Å²) >= 11 is 0. The second-order valence-electron chi connectivity index (χ2n) is 8.15. The third-order valence-electron chi connectivity index (χ3n) is 5.74. The maximum absolute atomic E-state index is 9.40. The van der Waals surface area contributed by atoms with Gasteiger partial charge in [-0.3, -0.25) is 0 Å². The predicted molar refractivity (Wildman–Crippen MR) is 138 cm³/mol. The smallest absolute Gasteiger partial charge is 0.138 e. The molecule has 0 saturated carbocycles. The first-order chi connectivity index (χ1) is 17.2. The Labute approximate surface area is 223 Å². The van der Waals surface area contributed by atoms with E-state index in [-0.39, 0.29) is 20.1 Å². The van der Waals surface area contributed by atoms with E-state index in [1.165, 1.54) is 5.56 Å². The zero-order valence-electron chi connectivity index (χ0n) is 19.7. The van der Waals surface area contributed by atoms with Crippen molar-refractivity contribution < 1.29 is 24.5 Å². The molecule has 0 amide bonds. The van der Waals surface area contributed by atoms with Gasteiger partial charge in [0.25, 0.3) is 0 Å². The number of hydrogen-bond acceptors (Lipinski definition) is 4. The van der Waals surface area contributed by atoms with Gasteiger partial charge >= 0.3 is 0 Å². The van der Waals surface area contributed by atoms with Gasteiger partial charge in [-0.05, 0) is 42.9 Å². The summed E-state index contributed by atoms with van der Waals surface area (Å²) in [5.74, 6) is 0. The molecule has 1 radical (unpaired) electrons. The van der Waals surface area contributed by atoms with Gasteiger partial charge in [0, 0.05) is 37.9 Å². The molecule has 0 N–H and O–H groups in total. The maximum Gasteiger partial charge on any atom is 0.138 e. The summed E-state index contributed by atoms with van der Waals surface area (Å²) in [6.45, 7) is 3.98. The van der Waals surface area contributed by atoms with Crippen molar-refractivity contribution in [2.45, 2.75) is 13.8 Å². The molecule has 0 aliphatic rings.